The van der Waals surface area contributed by atoms with Crippen LogP contribution in [-0.4, -0.2) is 32.1 Å². The first-order chi connectivity index (χ1) is 6.34. The van der Waals surface area contributed by atoms with Crippen LogP contribution in [0.1, 0.15) is 26.2 Å². The summed E-state index contributed by atoms with van der Waals surface area (Å²) >= 11 is 0. The molecule has 0 spiro atoms. The van der Waals surface area contributed by atoms with Crippen LogP contribution in [0.4, 0.5) is 0 Å². The van der Waals surface area contributed by atoms with Crippen molar-refractivity contribution >= 4 is 0 Å². The molecule has 0 bridgehead atoms. The van der Waals surface area contributed by atoms with Gasteiger partial charge in [-0.3, -0.25) is 5.32 Å². The normalized spacial score (nSPS) is 40.8. The first kappa shape index (κ1) is 9.44. The Kier molecular flexibility index (Phi) is 3.19. The van der Waals surface area contributed by atoms with Crippen LogP contribution in [-0.2, 0) is 9.47 Å². The summed E-state index contributed by atoms with van der Waals surface area (Å²) in [6.07, 6.45) is 3.91. The molecular formula is C10H19NO2. The Morgan fingerprint density at radius 2 is 2.31 bits per heavy atom. The summed E-state index contributed by atoms with van der Waals surface area (Å²) in [5, 5.41) is 3.42. The zero-order valence-corrected chi connectivity index (χ0v) is 8.29. The molecule has 3 heteroatoms. The van der Waals surface area contributed by atoms with Gasteiger partial charge in [0.15, 0.2) is 0 Å². The van der Waals surface area contributed by atoms with E-state index in [1.54, 1.807) is 0 Å². The first-order valence-corrected chi connectivity index (χ1v) is 5.30. The number of nitrogens with one attached hydrogen (secondary N) is 1. The van der Waals surface area contributed by atoms with Gasteiger partial charge in [-0.2, -0.15) is 0 Å². The van der Waals surface area contributed by atoms with Crippen molar-refractivity contribution in [2.75, 3.05) is 19.8 Å². The Morgan fingerprint density at radius 1 is 1.38 bits per heavy atom. The minimum absolute atomic E-state index is 0.279. The van der Waals surface area contributed by atoms with Crippen molar-refractivity contribution in [3.05, 3.63) is 0 Å². The highest BCUT2D eigenvalue weighted by atomic mass is 16.5. The van der Waals surface area contributed by atoms with Crippen molar-refractivity contribution in [3.8, 4) is 0 Å². The van der Waals surface area contributed by atoms with Crippen molar-refractivity contribution in [2.45, 2.75) is 38.5 Å². The molecule has 0 saturated carbocycles. The van der Waals surface area contributed by atoms with Crippen LogP contribution in [0.2, 0.25) is 0 Å². The van der Waals surface area contributed by atoms with Crippen molar-refractivity contribution in [1.82, 2.24) is 5.32 Å². The van der Waals surface area contributed by atoms with Gasteiger partial charge in [-0.25, -0.2) is 0 Å². The second-order valence-corrected chi connectivity index (χ2v) is 4.21. The predicted molar refractivity (Wildman–Crippen MR) is 50.5 cm³/mol. The monoisotopic (exact) mass is 185 g/mol. The summed E-state index contributed by atoms with van der Waals surface area (Å²) in [7, 11) is 0. The Bertz CT molecular complexity index is 154. The Balaban J connectivity index is 1.71. The van der Waals surface area contributed by atoms with Crippen molar-refractivity contribution in [1.29, 1.82) is 0 Å². The second-order valence-electron chi connectivity index (χ2n) is 4.21. The van der Waals surface area contributed by atoms with Crippen LogP contribution in [0.25, 0.3) is 0 Å². The highest BCUT2D eigenvalue weighted by Crippen LogP contribution is 2.21. The topological polar surface area (TPSA) is 30.5 Å². The zero-order chi connectivity index (χ0) is 9.10. The molecule has 2 aliphatic heterocycles. The molecule has 0 aromatic rings. The van der Waals surface area contributed by atoms with E-state index < -0.39 is 0 Å². The second kappa shape index (κ2) is 4.40. The average Bonchev–Trinajstić information content (AvgIpc) is 2.53. The van der Waals surface area contributed by atoms with E-state index in [0.29, 0.717) is 12.0 Å². The summed E-state index contributed by atoms with van der Waals surface area (Å²) in [6, 6.07) is 0.523. The minimum Gasteiger partial charge on any atom is -0.381 e. The van der Waals surface area contributed by atoms with Gasteiger partial charge in [0.2, 0.25) is 0 Å². The van der Waals surface area contributed by atoms with E-state index in [2.05, 4.69) is 12.2 Å². The average molecular weight is 185 g/mol. The molecule has 13 heavy (non-hydrogen) atoms. The van der Waals surface area contributed by atoms with Gasteiger partial charge in [0.1, 0.15) is 6.23 Å². The molecule has 0 aliphatic carbocycles. The van der Waals surface area contributed by atoms with Crippen LogP contribution < -0.4 is 5.32 Å². The van der Waals surface area contributed by atoms with Crippen molar-refractivity contribution < 1.29 is 9.47 Å². The molecule has 2 fully saturated rings. The molecule has 1 N–H and O–H groups in total. The molecule has 0 radical (unpaired) electrons. The molecular weight excluding hydrogens is 166 g/mol. The molecule has 76 valence electrons. The smallest absolute Gasteiger partial charge is 0.108 e. The third-order valence-corrected chi connectivity index (χ3v) is 2.82. The lowest BCUT2D eigenvalue weighted by Gasteiger charge is -2.24. The fourth-order valence-electron chi connectivity index (χ4n) is 2.11. The summed E-state index contributed by atoms with van der Waals surface area (Å²) in [5.41, 5.74) is 0. The molecule has 0 amide bonds. The molecule has 0 aromatic carbocycles. The van der Waals surface area contributed by atoms with Crippen LogP contribution in [0, 0.1) is 5.92 Å². The molecule has 3 nitrogen and oxygen atoms in total. The van der Waals surface area contributed by atoms with Crippen LogP contribution in [0.15, 0.2) is 0 Å². The van der Waals surface area contributed by atoms with E-state index in [9.17, 15) is 0 Å². The molecule has 2 heterocycles. The van der Waals surface area contributed by atoms with Crippen LogP contribution >= 0.6 is 0 Å². The Morgan fingerprint density at radius 3 is 2.92 bits per heavy atom. The largest absolute Gasteiger partial charge is 0.381 e. The summed E-state index contributed by atoms with van der Waals surface area (Å²) < 4.78 is 11.0. The zero-order valence-electron chi connectivity index (χ0n) is 8.29. The molecule has 2 saturated heterocycles. The Labute approximate surface area is 79.8 Å². The molecule has 2 rings (SSSR count). The van der Waals surface area contributed by atoms with Crippen molar-refractivity contribution in [2.24, 2.45) is 5.92 Å². The van der Waals surface area contributed by atoms with E-state index in [0.717, 1.165) is 26.2 Å². The lowest BCUT2D eigenvalue weighted by molar-refractivity contribution is 0.0163. The van der Waals surface area contributed by atoms with Gasteiger partial charge in [-0.15, -0.1) is 0 Å². The SMILES string of the molecule is CC1COC(CC2CCCOC2)N1. The maximum Gasteiger partial charge on any atom is 0.108 e. The summed E-state index contributed by atoms with van der Waals surface area (Å²) in [6.45, 7) is 4.90. The number of ether oxygens (including phenoxy) is 2. The van der Waals surface area contributed by atoms with E-state index in [4.69, 9.17) is 9.47 Å². The number of hydrogen-bond donors (Lipinski definition) is 1. The quantitative estimate of drug-likeness (QED) is 0.699. The van der Waals surface area contributed by atoms with Gasteiger partial charge in [-0.1, -0.05) is 0 Å². The summed E-state index contributed by atoms with van der Waals surface area (Å²) in [4.78, 5) is 0. The molecule has 0 aromatic heterocycles. The molecule has 3 unspecified atom stereocenters. The van der Waals surface area contributed by atoms with E-state index in [1.165, 1.54) is 12.8 Å². The van der Waals surface area contributed by atoms with Crippen molar-refractivity contribution in [3.63, 3.8) is 0 Å². The minimum atomic E-state index is 0.279. The third kappa shape index (κ3) is 2.66. The van der Waals surface area contributed by atoms with Gasteiger partial charge in [0, 0.05) is 19.3 Å². The third-order valence-electron chi connectivity index (χ3n) is 2.82. The predicted octanol–water partition coefficient (Wildman–Crippen LogP) is 1.14. The lowest BCUT2D eigenvalue weighted by atomic mass is 9.98. The molecule has 2 aliphatic rings. The summed E-state index contributed by atoms with van der Waals surface area (Å²) in [5.74, 6) is 0.705. The van der Waals surface area contributed by atoms with Gasteiger partial charge in [0.25, 0.3) is 0 Å². The van der Waals surface area contributed by atoms with Crippen LogP contribution in [0.3, 0.4) is 0 Å². The number of hydrogen-bond acceptors (Lipinski definition) is 3. The lowest BCUT2D eigenvalue weighted by Crippen LogP contribution is -2.32. The van der Waals surface area contributed by atoms with Gasteiger partial charge in [0.05, 0.1) is 6.61 Å². The highest BCUT2D eigenvalue weighted by molar-refractivity contribution is 4.75. The Hall–Kier alpha value is -0.120. The van der Waals surface area contributed by atoms with Crippen LogP contribution in [0.5, 0.6) is 0 Å². The van der Waals surface area contributed by atoms with Gasteiger partial charge < -0.3 is 9.47 Å². The van der Waals surface area contributed by atoms with Gasteiger partial charge >= 0.3 is 0 Å². The highest BCUT2D eigenvalue weighted by Gasteiger charge is 2.25. The first-order valence-electron chi connectivity index (χ1n) is 5.30. The number of rotatable bonds is 2. The fraction of sp³-hybridized carbons (Fsp3) is 1.00. The van der Waals surface area contributed by atoms with E-state index in [-0.39, 0.29) is 6.23 Å². The van der Waals surface area contributed by atoms with E-state index >= 15 is 0 Å². The van der Waals surface area contributed by atoms with Gasteiger partial charge in [-0.05, 0) is 32.1 Å². The maximum atomic E-state index is 5.60. The van der Waals surface area contributed by atoms with E-state index in [1.807, 2.05) is 0 Å². The molecule has 3 atom stereocenters. The maximum absolute atomic E-state index is 5.60. The standard InChI is InChI=1S/C10H19NO2/c1-8-6-13-10(11-8)5-9-3-2-4-12-7-9/h8-11H,2-7H2,1H3. The fourth-order valence-corrected chi connectivity index (χ4v) is 2.11.